The predicted molar refractivity (Wildman–Crippen MR) is 94.6 cm³/mol. The van der Waals surface area contributed by atoms with Gasteiger partial charge in [0.15, 0.2) is 0 Å². The average Bonchev–Trinajstić information content (AvgIpc) is 2.86. The van der Waals surface area contributed by atoms with E-state index in [1.54, 1.807) is 0 Å². The Balaban J connectivity index is 1.85. The second kappa shape index (κ2) is 6.01. The molecule has 5 nitrogen and oxygen atoms in total. The first kappa shape index (κ1) is 15.5. The van der Waals surface area contributed by atoms with Crippen molar-refractivity contribution in [2.45, 2.75) is 32.4 Å². The largest absolute Gasteiger partial charge is 0.397 e. The highest BCUT2D eigenvalue weighted by Crippen LogP contribution is 2.30. The fraction of sp³-hybridized carbons (Fsp3) is 0.562. The second-order valence-electron chi connectivity index (χ2n) is 6.52. The van der Waals surface area contributed by atoms with E-state index in [1.807, 2.05) is 42.6 Å². The Morgan fingerprint density at radius 1 is 1.32 bits per heavy atom. The van der Waals surface area contributed by atoms with Crippen molar-refractivity contribution in [3.05, 3.63) is 18.3 Å². The normalized spacial score (nSPS) is 16.4. The second-order valence-corrected chi connectivity index (χ2v) is 7.75. The fourth-order valence-electron chi connectivity index (χ4n) is 2.71. The number of benzene rings is 1. The lowest BCUT2D eigenvalue weighted by atomic mass is 10.1. The third-order valence-corrected chi connectivity index (χ3v) is 4.95. The number of hydrogen-bond donors (Lipinski definition) is 2. The van der Waals surface area contributed by atoms with Gasteiger partial charge in [0.2, 0.25) is 0 Å². The lowest BCUT2D eigenvalue weighted by molar-refractivity contribution is 0.0651. The molecule has 0 unspecified atom stereocenters. The van der Waals surface area contributed by atoms with Crippen LogP contribution in [-0.2, 0) is 6.54 Å². The predicted octanol–water partition coefficient (Wildman–Crippen LogP) is 2.33. The van der Waals surface area contributed by atoms with E-state index in [9.17, 15) is 5.11 Å². The third kappa shape index (κ3) is 3.50. The first-order chi connectivity index (χ1) is 10.4. The summed E-state index contributed by atoms with van der Waals surface area (Å²) in [5, 5.41) is 15.5. The highest BCUT2D eigenvalue weighted by Gasteiger charge is 2.16. The maximum atomic E-state index is 9.84. The SMILES string of the molecule is CC(C)(O)CCn1cc2cc(N)c(N3CCSCC3)cc2n1. The summed E-state index contributed by atoms with van der Waals surface area (Å²) in [6.07, 6.45) is 2.68. The summed E-state index contributed by atoms with van der Waals surface area (Å²) in [5.74, 6) is 2.30. The standard InChI is InChI=1S/C16H24N4OS/c1-16(2,21)3-4-20-11-12-9-13(17)15(10-14(12)18-20)19-5-7-22-8-6-19/h9-11,21H,3-8,17H2,1-2H3. The van der Waals surface area contributed by atoms with E-state index in [2.05, 4.69) is 16.1 Å². The molecule has 6 heteroatoms. The molecule has 1 saturated heterocycles. The maximum absolute atomic E-state index is 9.84. The van der Waals surface area contributed by atoms with Crippen molar-refractivity contribution < 1.29 is 5.11 Å². The first-order valence-electron chi connectivity index (χ1n) is 7.74. The molecule has 2 heterocycles. The molecule has 1 fully saturated rings. The van der Waals surface area contributed by atoms with Crippen molar-refractivity contribution in [3.8, 4) is 0 Å². The van der Waals surface area contributed by atoms with E-state index in [1.165, 1.54) is 0 Å². The number of aryl methyl sites for hydroxylation is 1. The number of hydrogen-bond acceptors (Lipinski definition) is 5. The molecular weight excluding hydrogens is 296 g/mol. The van der Waals surface area contributed by atoms with E-state index in [4.69, 9.17) is 5.73 Å². The van der Waals surface area contributed by atoms with Crippen LogP contribution in [0, 0.1) is 0 Å². The highest BCUT2D eigenvalue weighted by molar-refractivity contribution is 7.99. The van der Waals surface area contributed by atoms with Crippen molar-refractivity contribution in [3.63, 3.8) is 0 Å². The minimum atomic E-state index is -0.673. The number of nitrogen functional groups attached to an aromatic ring is 1. The molecule has 2 aromatic rings. The highest BCUT2D eigenvalue weighted by atomic mass is 32.2. The van der Waals surface area contributed by atoms with E-state index >= 15 is 0 Å². The van der Waals surface area contributed by atoms with Gasteiger partial charge in [0.25, 0.3) is 0 Å². The molecule has 3 rings (SSSR count). The van der Waals surface area contributed by atoms with E-state index < -0.39 is 5.60 Å². The summed E-state index contributed by atoms with van der Waals surface area (Å²) in [7, 11) is 0. The molecule has 3 N–H and O–H groups in total. The summed E-state index contributed by atoms with van der Waals surface area (Å²) >= 11 is 1.99. The summed E-state index contributed by atoms with van der Waals surface area (Å²) in [6.45, 7) is 6.43. The zero-order valence-electron chi connectivity index (χ0n) is 13.2. The van der Waals surface area contributed by atoms with Gasteiger partial charge in [-0.25, -0.2) is 0 Å². The summed E-state index contributed by atoms with van der Waals surface area (Å²) in [5.41, 5.74) is 8.46. The quantitative estimate of drug-likeness (QED) is 0.846. The van der Waals surface area contributed by atoms with Crippen LogP contribution in [0.15, 0.2) is 18.3 Å². The zero-order valence-corrected chi connectivity index (χ0v) is 14.1. The van der Waals surface area contributed by atoms with Gasteiger partial charge in [-0.15, -0.1) is 0 Å². The molecule has 120 valence electrons. The smallest absolute Gasteiger partial charge is 0.0945 e. The number of nitrogens with two attached hydrogens (primary N) is 1. The van der Waals surface area contributed by atoms with Gasteiger partial charge in [0.1, 0.15) is 0 Å². The number of rotatable bonds is 4. The molecule has 0 bridgehead atoms. The molecule has 0 atom stereocenters. The van der Waals surface area contributed by atoms with Crippen LogP contribution in [0.2, 0.25) is 0 Å². The molecule has 0 radical (unpaired) electrons. The van der Waals surface area contributed by atoms with Crippen LogP contribution in [0.3, 0.4) is 0 Å². The lowest BCUT2D eigenvalue weighted by Gasteiger charge is -2.29. The van der Waals surface area contributed by atoms with Crippen LogP contribution in [0.5, 0.6) is 0 Å². The summed E-state index contributed by atoms with van der Waals surface area (Å²) in [6, 6.07) is 4.11. The number of fused-ring (bicyclic) bond motifs is 1. The van der Waals surface area contributed by atoms with Crippen LogP contribution >= 0.6 is 11.8 Å². The molecule has 0 aliphatic carbocycles. The van der Waals surface area contributed by atoms with Crippen LogP contribution in [0.4, 0.5) is 11.4 Å². The van der Waals surface area contributed by atoms with Gasteiger partial charge in [-0.3, -0.25) is 4.68 Å². The van der Waals surface area contributed by atoms with Gasteiger partial charge >= 0.3 is 0 Å². The van der Waals surface area contributed by atoms with Crippen LogP contribution in [-0.4, -0.2) is 45.1 Å². The third-order valence-electron chi connectivity index (χ3n) is 4.00. The van der Waals surface area contributed by atoms with Gasteiger partial charge < -0.3 is 15.7 Å². The Hall–Kier alpha value is -1.40. The molecule has 1 aliphatic heterocycles. The Morgan fingerprint density at radius 3 is 2.73 bits per heavy atom. The topological polar surface area (TPSA) is 67.3 Å². The lowest BCUT2D eigenvalue weighted by Crippen LogP contribution is -2.32. The van der Waals surface area contributed by atoms with Crippen molar-refractivity contribution in [2.24, 2.45) is 0 Å². The Morgan fingerprint density at radius 2 is 2.05 bits per heavy atom. The molecule has 0 saturated carbocycles. The van der Waals surface area contributed by atoms with Crippen molar-refractivity contribution in [2.75, 3.05) is 35.2 Å². The van der Waals surface area contributed by atoms with Crippen LogP contribution in [0.1, 0.15) is 20.3 Å². The number of nitrogens with zero attached hydrogens (tertiary/aromatic N) is 3. The molecular formula is C16H24N4OS. The van der Waals surface area contributed by atoms with Gasteiger partial charge in [-0.2, -0.15) is 16.9 Å². The van der Waals surface area contributed by atoms with Crippen molar-refractivity contribution in [1.82, 2.24) is 9.78 Å². The van der Waals surface area contributed by atoms with Crippen molar-refractivity contribution in [1.29, 1.82) is 0 Å². The van der Waals surface area contributed by atoms with Gasteiger partial charge in [-0.05, 0) is 32.4 Å². The number of aliphatic hydroxyl groups is 1. The Labute approximate surface area is 135 Å². The van der Waals surface area contributed by atoms with Crippen LogP contribution in [0.25, 0.3) is 10.9 Å². The van der Waals surface area contributed by atoms with Crippen LogP contribution < -0.4 is 10.6 Å². The number of anilines is 2. The van der Waals surface area contributed by atoms with E-state index in [0.717, 1.165) is 46.9 Å². The molecule has 1 aliphatic rings. The molecule has 0 amide bonds. The monoisotopic (exact) mass is 320 g/mol. The minimum absolute atomic E-state index is 0.673. The fourth-order valence-corrected chi connectivity index (χ4v) is 3.61. The summed E-state index contributed by atoms with van der Waals surface area (Å²) in [4.78, 5) is 2.35. The Kier molecular flexibility index (Phi) is 4.23. The van der Waals surface area contributed by atoms with Crippen molar-refractivity contribution >= 4 is 34.0 Å². The summed E-state index contributed by atoms with van der Waals surface area (Å²) < 4.78 is 1.90. The zero-order chi connectivity index (χ0) is 15.7. The number of thioether (sulfide) groups is 1. The Bertz CT molecular complexity index is 656. The molecule has 0 spiro atoms. The minimum Gasteiger partial charge on any atom is -0.397 e. The van der Waals surface area contributed by atoms with E-state index in [0.29, 0.717) is 13.0 Å². The molecule has 22 heavy (non-hydrogen) atoms. The average molecular weight is 320 g/mol. The number of aromatic nitrogens is 2. The molecule has 1 aromatic carbocycles. The molecule has 1 aromatic heterocycles. The van der Waals surface area contributed by atoms with E-state index in [-0.39, 0.29) is 0 Å². The maximum Gasteiger partial charge on any atom is 0.0945 e. The van der Waals surface area contributed by atoms with Gasteiger partial charge in [-0.1, -0.05) is 0 Å². The van der Waals surface area contributed by atoms with Gasteiger partial charge in [0, 0.05) is 42.7 Å². The van der Waals surface area contributed by atoms with Gasteiger partial charge in [0.05, 0.1) is 22.5 Å². The first-order valence-corrected chi connectivity index (χ1v) is 8.90.